The number of carbonyl (C=O) groups excluding carboxylic acids is 1. The van der Waals surface area contributed by atoms with Crippen LogP contribution in [0.1, 0.15) is 5.56 Å². The highest BCUT2D eigenvalue weighted by Gasteiger charge is 2.16. The summed E-state index contributed by atoms with van der Waals surface area (Å²) in [5, 5.41) is 18.2. The topological polar surface area (TPSA) is 76.8 Å². The van der Waals surface area contributed by atoms with Crippen molar-refractivity contribution in [2.75, 3.05) is 5.32 Å². The molecule has 0 saturated carbocycles. The number of benzene rings is 2. The molecule has 4 nitrogen and oxygen atoms in total. The summed E-state index contributed by atoms with van der Waals surface area (Å²) in [4.78, 5) is 11.9. The first kappa shape index (κ1) is 12.7. The van der Waals surface area contributed by atoms with Crippen LogP contribution in [0.2, 0.25) is 0 Å². The Labute approximate surface area is 111 Å². The SMILES string of the molecule is N=C(C(=N)c1ccccc1)C(=O)Nc1ccccc1. The minimum atomic E-state index is -0.583. The number of hydrogen-bond donors (Lipinski definition) is 3. The second-order valence-corrected chi connectivity index (χ2v) is 3.94. The van der Waals surface area contributed by atoms with E-state index in [9.17, 15) is 4.79 Å². The highest BCUT2D eigenvalue weighted by Crippen LogP contribution is 2.06. The van der Waals surface area contributed by atoms with Crippen molar-refractivity contribution in [1.82, 2.24) is 0 Å². The molecule has 0 fully saturated rings. The van der Waals surface area contributed by atoms with Gasteiger partial charge in [0.2, 0.25) is 0 Å². The Kier molecular flexibility index (Phi) is 3.83. The van der Waals surface area contributed by atoms with Gasteiger partial charge < -0.3 is 5.32 Å². The van der Waals surface area contributed by atoms with Crippen LogP contribution < -0.4 is 5.32 Å². The summed E-state index contributed by atoms with van der Waals surface area (Å²) < 4.78 is 0. The Balaban J connectivity index is 2.08. The minimum Gasteiger partial charge on any atom is -0.321 e. The molecule has 94 valence electrons. The molecule has 0 aromatic heterocycles. The molecular formula is C15H13N3O. The van der Waals surface area contributed by atoms with Crippen LogP contribution in [0.3, 0.4) is 0 Å². The van der Waals surface area contributed by atoms with Crippen LogP contribution in [0.5, 0.6) is 0 Å². The van der Waals surface area contributed by atoms with Gasteiger partial charge in [0, 0.05) is 11.3 Å². The van der Waals surface area contributed by atoms with E-state index in [0.29, 0.717) is 11.3 Å². The van der Waals surface area contributed by atoms with Gasteiger partial charge in [0.25, 0.3) is 5.91 Å². The largest absolute Gasteiger partial charge is 0.321 e. The number of nitrogens with one attached hydrogen (secondary N) is 3. The molecular weight excluding hydrogens is 238 g/mol. The molecule has 0 aliphatic heterocycles. The molecule has 2 rings (SSSR count). The lowest BCUT2D eigenvalue weighted by Gasteiger charge is -2.07. The van der Waals surface area contributed by atoms with Crippen LogP contribution in [0, 0.1) is 10.8 Å². The smallest absolute Gasteiger partial charge is 0.275 e. The molecule has 0 aliphatic carbocycles. The molecule has 1 amide bonds. The van der Waals surface area contributed by atoms with Gasteiger partial charge in [0.05, 0.1) is 5.71 Å². The number of rotatable bonds is 4. The van der Waals surface area contributed by atoms with Crippen molar-refractivity contribution in [3.8, 4) is 0 Å². The molecule has 0 bridgehead atoms. The van der Waals surface area contributed by atoms with Gasteiger partial charge in [-0.15, -0.1) is 0 Å². The lowest BCUT2D eigenvalue weighted by molar-refractivity contribution is -0.110. The van der Waals surface area contributed by atoms with Gasteiger partial charge in [0.15, 0.2) is 0 Å². The Bertz CT molecular complexity index is 606. The monoisotopic (exact) mass is 251 g/mol. The Morgan fingerprint density at radius 3 is 1.95 bits per heavy atom. The molecule has 2 aromatic carbocycles. The third kappa shape index (κ3) is 3.13. The first-order valence-corrected chi connectivity index (χ1v) is 5.78. The lowest BCUT2D eigenvalue weighted by Crippen LogP contribution is -2.29. The minimum absolute atomic E-state index is 0.0889. The van der Waals surface area contributed by atoms with Crippen molar-refractivity contribution in [2.24, 2.45) is 0 Å². The predicted molar refractivity (Wildman–Crippen MR) is 76.1 cm³/mol. The molecule has 0 atom stereocenters. The first-order chi connectivity index (χ1) is 9.18. The summed E-state index contributed by atoms with van der Waals surface area (Å²) >= 11 is 0. The van der Waals surface area contributed by atoms with E-state index in [0.717, 1.165) is 0 Å². The van der Waals surface area contributed by atoms with Gasteiger partial charge in [0.1, 0.15) is 5.71 Å². The number of hydrogen-bond acceptors (Lipinski definition) is 3. The zero-order chi connectivity index (χ0) is 13.7. The summed E-state index contributed by atoms with van der Waals surface area (Å²) in [5.41, 5.74) is 0.720. The molecule has 0 radical (unpaired) electrons. The fourth-order valence-corrected chi connectivity index (χ4v) is 1.58. The van der Waals surface area contributed by atoms with Crippen molar-refractivity contribution in [1.29, 1.82) is 10.8 Å². The fraction of sp³-hybridized carbons (Fsp3) is 0. The van der Waals surface area contributed by atoms with Crippen LogP contribution in [-0.2, 0) is 4.79 Å². The van der Waals surface area contributed by atoms with Gasteiger partial charge in [-0.3, -0.25) is 15.6 Å². The van der Waals surface area contributed by atoms with Gasteiger partial charge in [-0.05, 0) is 12.1 Å². The summed E-state index contributed by atoms with van der Waals surface area (Å²) in [6.45, 7) is 0. The quantitative estimate of drug-likeness (QED) is 0.718. The fourth-order valence-electron chi connectivity index (χ4n) is 1.58. The standard InChI is InChI=1S/C15H13N3O/c16-13(11-7-3-1-4-8-11)14(17)15(19)18-12-9-5-2-6-10-12/h1-10,16-17H,(H,18,19). The average Bonchev–Trinajstić information content (AvgIpc) is 2.47. The maximum Gasteiger partial charge on any atom is 0.275 e. The lowest BCUT2D eigenvalue weighted by atomic mass is 10.1. The number of anilines is 1. The van der Waals surface area contributed by atoms with Crippen molar-refractivity contribution in [3.05, 3.63) is 66.2 Å². The molecule has 19 heavy (non-hydrogen) atoms. The van der Waals surface area contributed by atoms with Crippen molar-refractivity contribution < 1.29 is 4.79 Å². The van der Waals surface area contributed by atoms with E-state index in [1.165, 1.54) is 0 Å². The van der Waals surface area contributed by atoms with E-state index in [2.05, 4.69) is 5.32 Å². The number of amides is 1. The molecule has 0 aliphatic rings. The molecule has 3 N–H and O–H groups in total. The van der Waals surface area contributed by atoms with Crippen molar-refractivity contribution in [3.63, 3.8) is 0 Å². The van der Waals surface area contributed by atoms with Gasteiger partial charge in [-0.25, -0.2) is 0 Å². The number of para-hydroxylation sites is 1. The summed E-state index contributed by atoms with van der Waals surface area (Å²) in [7, 11) is 0. The summed E-state index contributed by atoms with van der Waals surface area (Å²) in [6.07, 6.45) is 0. The highest BCUT2D eigenvalue weighted by molar-refractivity contribution is 6.70. The van der Waals surface area contributed by atoms with Gasteiger partial charge in [-0.2, -0.15) is 0 Å². The van der Waals surface area contributed by atoms with Gasteiger partial charge >= 0.3 is 0 Å². The van der Waals surface area contributed by atoms with Crippen LogP contribution in [-0.4, -0.2) is 17.3 Å². The van der Waals surface area contributed by atoms with E-state index in [4.69, 9.17) is 10.8 Å². The van der Waals surface area contributed by atoms with E-state index < -0.39 is 5.91 Å². The van der Waals surface area contributed by atoms with E-state index in [1.54, 1.807) is 48.5 Å². The normalized spacial score (nSPS) is 9.68. The Morgan fingerprint density at radius 1 is 0.842 bits per heavy atom. The molecule has 0 saturated heterocycles. The van der Waals surface area contributed by atoms with Crippen LogP contribution >= 0.6 is 0 Å². The predicted octanol–water partition coefficient (Wildman–Crippen LogP) is 2.71. The summed E-state index contributed by atoms with van der Waals surface area (Å²) in [5.74, 6) is -0.583. The molecule has 0 spiro atoms. The highest BCUT2D eigenvalue weighted by atomic mass is 16.1. The Hall–Kier alpha value is -2.75. The van der Waals surface area contributed by atoms with E-state index >= 15 is 0 Å². The third-order valence-corrected chi connectivity index (χ3v) is 2.57. The van der Waals surface area contributed by atoms with Crippen LogP contribution in [0.4, 0.5) is 5.69 Å². The molecule has 0 heterocycles. The number of carbonyl (C=O) groups is 1. The zero-order valence-electron chi connectivity index (χ0n) is 10.2. The first-order valence-electron chi connectivity index (χ1n) is 5.78. The maximum atomic E-state index is 11.9. The molecule has 2 aromatic rings. The van der Waals surface area contributed by atoms with E-state index in [-0.39, 0.29) is 11.4 Å². The molecule has 0 unspecified atom stereocenters. The van der Waals surface area contributed by atoms with E-state index in [1.807, 2.05) is 12.1 Å². The average molecular weight is 251 g/mol. The van der Waals surface area contributed by atoms with Crippen molar-refractivity contribution >= 4 is 23.0 Å². The zero-order valence-corrected chi connectivity index (χ0v) is 10.2. The van der Waals surface area contributed by atoms with Crippen molar-refractivity contribution in [2.45, 2.75) is 0 Å². The molecule has 4 heteroatoms. The second kappa shape index (κ2) is 5.73. The van der Waals surface area contributed by atoms with Gasteiger partial charge in [-0.1, -0.05) is 48.5 Å². The Morgan fingerprint density at radius 2 is 1.37 bits per heavy atom. The third-order valence-electron chi connectivity index (χ3n) is 2.57. The van der Waals surface area contributed by atoms with Crippen LogP contribution in [0.25, 0.3) is 0 Å². The summed E-state index contributed by atoms with van der Waals surface area (Å²) in [6, 6.07) is 17.7. The second-order valence-electron chi connectivity index (χ2n) is 3.94. The maximum absolute atomic E-state index is 11.9. The van der Waals surface area contributed by atoms with Crippen LogP contribution in [0.15, 0.2) is 60.7 Å².